The second-order valence-corrected chi connectivity index (χ2v) is 4.01. The molecule has 0 aromatic heterocycles. The average molecular weight is 205 g/mol. The topological polar surface area (TPSA) is 60.8 Å². The Kier molecular flexibility index (Phi) is 8.54. The molecule has 0 bridgehead atoms. The lowest BCUT2D eigenvalue weighted by atomic mass is 10.2. The lowest BCUT2D eigenvalue weighted by Crippen LogP contribution is -2.42. The van der Waals surface area contributed by atoms with Crippen molar-refractivity contribution in [2.45, 2.75) is 59.7 Å². The van der Waals surface area contributed by atoms with Gasteiger partial charge in [0.1, 0.15) is 0 Å². The molecule has 0 rings (SSSR count). The van der Waals surface area contributed by atoms with Gasteiger partial charge in [0.25, 0.3) is 0 Å². The van der Waals surface area contributed by atoms with Crippen LogP contribution in [-0.4, -0.2) is 39.4 Å². The summed E-state index contributed by atoms with van der Waals surface area (Å²) in [6.07, 6.45) is -1.83. The predicted octanol–water partition coefficient (Wildman–Crippen LogP) is 2.74. The summed E-state index contributed by atoms with van der Waals surface area (Å²) < 4.78 is 0. The first-order valence-electron chi connectivity index (χ1n) is 4.89. The van der Waals surface area contributed by atoms with Gasteiger partial charge in [-0.3, -0.25) is 4.90 Å². The third-order valence-corrected chi connectivity index (χ3v) is 1.79. The van der Waals surface area contributed by atoms with Gasteiger partial charge in [-0.15, -0.1) is 0 Å². The van der Waals surface area contributed by atoms with E-state index in [-0.39, 0.29) is 0 Å². The summed E-state index contributed by atoms with van der Waals surface area (Å²) in [5, 5.41) is 13.9. The Morgan fingerprint density at radius 1 is 0.857 bits per heavy atom. The predicted molar refractivity (Wildman–Crippen MR) is 57.9 cm³/mol. The molecule has 4 heteroatoms. The van der Waals surface area contributed by atoms with Gasteiger partial charge >= 0.3 is 6.16 Å². The van der Waals surface area contributed by atoms with Crippen LogP contribution in [0.15, 0.2) is 0 Å². The van der Waals surface area contributed by atoms with Crippen LogP contribution in [0, 0.1) is 0 Å². The van der Waals surface area contributed by atoms with Crippen LogP contribution >= 0.6 is 0 Å². The minimum atomic E-state index is -1.83. The van der Waals surface area contributed by atoms with Crippen LogP contribution < -0.4 is 0 Å². The van der Waals surface area contributed by atoms with E-state index in [1.807, 2.05) is 0 Å². The van der Waals surface area contributed by atoms with Gasteiger partial charge < -0.3 is 10.2 Å². The van der Waals surface area contributed by atoms with E-state index in [0.717, 1.165) is 0 Å². The molecule has 0 aliphatic rings. The SMILES string of the molecule is CC(C)N(C(C)C)C(C)C.O=C(O)O. The van der Waals surface area contributed by atoms with Crippen molar-refractivity contribution in [2.24, 2.45) is 0 Å². The molecule has 0 heterocycles. The first-order valence-corrected chi connectivity index (χ1v) is 4.89. The van der Waals surface area contributed by atoms with Gasteiger partial charge in [0, 0.05) is 18.1 Å². The minimum absolute atomic E-state index is 0.667. The van der Waals surface area contributed by atoms with E-state index >= 15 is 0 Å². The van der Waals surface area contributed by atoms with Gasteiger partial charge in [-0.2, -0.15) is 0 Å². The molecular weight excluding hydrogens is 182 g/mol. The highest BCUT2D eigenvalue weighted by Crippen LogP contribution is 2.08. The fourth-order valence-electron chi connectivity index (χ4n) is 1.79. The first-order chi connectivity index (χ1) is 6.20. The average Bonchev–Trinajstić information content (AvgIpc) is 1.80. The van der Waals surface area contributed by atoms with E-state index in [2.05, 4.69) is 46.4 Å². The Hall–Kier alpha value is -0.770. The van der Waals surface area contributed by atoms with E-state index in [9.17, 15) is 0 Å². The highest BCUT2D eigenvalue weighted by atomic mass is 16.6. The Morgan fingerprint density at radius 2 is 1.00 bits per heavy atom. The molecule has 0 aromatic carbocycles. The lowest BCUT2D eigenvalue weighted by molar-refractivity contribution is 0.132. The van der Waals surface area contributed by atoms with Crippen LogP contribution in [0.1, 0.15) is 41.5 Å². The van der Waals surface area contributed by atoms with Crippen LogP contribution in [-0.2, 0) is 0 Å². The summed E-state index contributed by atoms with van der Waals surface area (Å²) in [5.41, 5.74) is 0. The second kappa shape index (κ2) is 7.62. The Bertz CT molecular complexity index is 132. The van der Waals surface area contributed by atoms with E-state index in [4.69, 9.17) is 15.0 Å². The number of hydrogen-bond acceptors (Lipinski definition) is 2. The summed E-state index contributed by atoms with van der Waals surface area (Å²) in [6.45, 7) is 13.5. The van der Waals surface area contributed by atoms with Gasteiger partial charge in [0.05, 0.1) is 0 Å². The molecular formula is C10H23NO3. The van der Waals surface area contributed by atoms with Crippen LogP contribution in [0.5, 0.6) is 0 Å². The van der Waals surface area contributed by atoms with E-state index in [0.29, 0.717) is 18.1 Å². The monoisotopic (exact) mass is 205 g/mol. The molecule has 86 valence electrons. The van der Waals surface area contributed by atoms with Crippen LogP contribution in [0.2, 0.25) is 0 Å². The maximum Gasteiger partial charge on any atom is 0.503 e. The molecule has 0 aliphatic carbocycles. The molecule has 0 amide bonds. The highest BCUT2D eigenvalue weighted by molar-refractivity contribution is 5.53. The summed E-state index contributed by atoms with van der Waals surface area (Å²) in [5.74, 6) is 0. The molecule has 0 spiro atoms. The quantitative estimate of drug-likeness (QED) is 0.743. The fraction of sp³-hybridized carbons (Fsp3) is 0.900. The van der Waals surface area contributed by atoms with Crippen molar-refractivity contribution in [3.05, 3.63) is 0 Å². The molecule has 14 heavy (non-hydrogen) atoms. The van der Waals surface area contributed by atoms with Crippen molar-refractivity contribution in [1.82, 2.24) is 4.90 Å². The summed E-state index contributed by atoms with van der Waals surface area (Å²) in [4.78, 5) is 11.1. The third kappa shape index (κ3) is 9.32. The largest absolute Gasteiger partial charge is 0.503 e. The Balaban J connectivity index is 0. The van der Waals surface area contributed by atoms with Gasteiger partial charge in [0.2, 0.25) is 0 Å². The molecule has 4 nitrogen and oxygen atoms in total. The number of nitrogens with zero attached hydrogens (tertiary/aromatic N) is 1. The fourth-order valence-corrected chi connectivity index (χ4v) is 1.79. The zero-order valence-electron chi connectivity index (χ0n) is 9.98. The zero-order valence-corrected chi connectivity index (χ0v) is 9.98. The molecule has 0 saturated carbocycles. The normalized spacial score (nSPS) is 10.7. The standard InChI is InChI=1S/C9H21N.CH2O3/c1-7(2)10(8(3)4)9(5)6;2-1(3)4/h7-9H,1-6H3;(H2,2,3,4). The third-order valence-electron chi connectivity index (χ3n) is 1.79. The van der Waals surface area contributed by atoms with Crippen molar-refractivity contribution >= 4 is 6.16 Å². The number of carbonyl (C=O) groups is 1. The lowest BCUT2D eigenvalue weighted by Gasteiger charge is -2.34. The molecule has 0 radical (unpaired) electrons. The van der Waals surface area contributed by atoms with Gasteiger partial charge in [-0.05, 0) is 41.5 Å². The van der Waals surface area contributed by atoms with Gasteiger partial charge in [0.15, 0.2) is 0 Å². The number of hydrogen-bond donors (Lipinski definition) is 2. The second-order valence-electron chi connectivity index (χ2n) is 4.01. The van der Waals surface area contributed by atoms with Gasteiger partial charge in [-0.1, -0.05) is 0 Å². The van der Waals surface area contributed by atoms with Crippen LogP contribution in [0.4, 0.5) is 4.79 Å². The minimum Gasteiger partial charge on any atom is -0.450 e. The summed E-state index contributed by atoms with van der Waals surface area (Å²) in [7, 11) is 0. The van der Waals surface area contributed by atoms with Crippen molar-refractivity contribution in [2.75, 3.05) is 0 Å². The highest BCUT2D eigenvalue weighted by Gasteiger charge is 2.15. The summed E-state index contributed by atoms with van der Waals surface area (Å²) >= 11 is 0. The van der Waals surface area contributed by atoms with Crippen molar-refractivity contribution in [3.8, 4) is 0 Å². The molecule has 2 N–H and O–H groups in total. The molecule has 0 atom stereocenters. The zero-order chi connectivity index (χ0) is 11.9. The maximum absolute atomic E-state index is 8.56. The van der Waals surface area contributed by atoms with E-state index < -0.39 is 6.16 Å². The summed E-state index contributed by atoms with van der Waals surface area (Å²) in [6, 6.07) is 2.00. The van der Waals surface area contributed by atoms with Crippen molar-refractivity contribution in [1.29, 1.82) is 0 Å². The maximum atomic E-state index is 8.56. The molecule has 0 unspecified atom stereocenters. The van der Waals surface area contributed by atoms with Crippen LogP contribution in [0.25, 0.3) is 0 Å². The molecule has 0 saturated heterocycles. The smallest absolute Gasteiger partial charge is 0.450 e. The number of carboxylic acid groups (broad SMARTS) is 2. The Morgan fingerprint density at radius 3 is 1.00 bits per heavy atom. The van der Waals surface area contributed by atoms with Crippen molar-refractivity contribution < 1.29 is 15.0 Å². The van der Waals surface area contributed by atoms with Gasteiger partial charge in [-0.25, -0.2) is 4.79 Å². The van der Waals surface area contributed by atoms with Crippen LogP contribution in [0.3, 0.4) is 0 Å². The van der Waals surface area contributed by atoms with E-state index in [1.165, 1.54) is 0 Å². The Labute approximate surface area is 86.5 Å². The van der Waals surface area contributed by atoms with E-state index in [1.54, 1.807) is 0 Å². The van der Waals surface area contributed by atoms with Crippen molar-refractivity contribution in [3.63, 3.8) is 0 Å². The number of rotatable bonds is 3. The molecule has 0 fully saturated rings. The molecule has 0 aromatic rings. The first kappa shape index (κ1) is 15.7. The molecule has 0 aliphatic heterocycles.